The molecule has 0 spiro atoms. The Morgan fingerprint density at radius 2 is 1.87 bits per heavy atom. The topological polar surface area (TPSA) is 77.8 Å². The Labute approximate surface area is 183 Å². The highest BCUT2D eigenvalue weighted by Gasteiger charge is 2.09. The number of hydrogen-bond donors (Lipinski definition) is 3. The third-order valence-electron chi connectivity index (χ3n) is 5.52. The molecule has 0 atom stereocenters. The van der Waals surface area contributed by atoms with Crippen molar-refractivity contribution in [2.45, 2.75) is 19.3 Å². The summed E-state index contributed by atoms with van der Waals surface area (Å²) in [5.41, 5.74) is 2.42. The summed E-state index contributed by atoms with van der Waals surface area (Å²) >= 11 is 0. The maximum atomic E-state index is 5.43. The van der Waals surface area contributed by atoms with Crippen LogP contribution in [0.15, 0.2) is 58.1 Å². The lowest BCUT2D eigenvalue weighted by atomic mass is 10.2. The van der Waals surface area contributed by atoms with Crippen LogP contribution in [0.5, 0.6) is 0 Å². The Morgan fingerprint density at radius 3 is 2.68 bits per heavy atom. The molecule has 3 heterocycles. The molecule has 3 N–H and O–H groups in total. The van der Waals surface area contributed by atoms with E-state index in [-0.39, 0.29) is 0 Å². The first-order valence-corrected chi connectivity index (χ1v) is 11.3. The Balaban J connectivity index is 1.25. The predicted molar refractivity (Wildman–Crippen MR) is 125 cm³/mol. The van der Waals surface area contributed by atoms with Crippen LogP contribution in [-0.2, 0) is 17.6 Å². The Morgan fingerprint density at radius 1 is 1.03 bits per heavy atom. The molecule has 7 heteroatoms. The highest BCUT2D eigenvalue weighted by Crippen LogP contribution is 2.14. The first-order chi connectivity index (χ1) is 15.4. The van der Waals surface area contributed by atoms with Crippen LogP contribution >= 0.6 is 0 Å². The molecular formula is C24H33N5O2. The van der Waals surface area contributed by atoms with Gasteiger partial charge in [0.15, 0.2) is 5.96 Å². The fraction of sp³-hybridized carbons (Fsp3) is 0.458. The van der Waals surface area contributed by atoms with Crippen molar-refractivity contribution in [2.75, 3.05) is 52.5 Å². The molecule has 1 aromatic carbocycles. The second kappa shape index (κ2) is 11.6. The minimum atomic E-state index is 0.787. The molecule has 7 nitrogen and oxygen atoms in total. The molecule has 0 saturated carbocycles. The van der Waals surface area contributed by atoms with Crippen LogP contribution < -0.4 is 10.6 Å². The van der Waals surface area contributed by atoms with Crippen LogP contribution in [0.1, 0.15) is 17.9 Å². The number of rotatable bonds is 10. The molecule has 166 valence electrons. The summed E-state index contributed by atoms with van der Waals surface area (Å²) in [6.07, 6.45) is 4.52. The number of fused-ring (bicyclic) bond motifs is 1. The molecule has 3 aromatic rings. The van der Waals surface area contributed by atoms with E-state index in [1.165, 1.54) is 16.6 Å². The summed E-state index contributed by atoms with van der Waals surface area (Å²) in [4.78, 5) is 10.7. The molecule has 4 rings (SSSR count). The van der Waals surface area contributed by atoms with Gasteiger partial charge in [-0.3, -0.25) is 9.89 Å². The predicted octanol–water partition coefficient (Wildman–Crippen LogP) is 2.80. The van der Waals surface area contributed by atoms with Crippen molar-refractivity contribution in [3.63, 3.8) is 0 Å². The van der Waals surface area contributed by atoms with Crippen molar-refractivity contribution in [1.82, 2.24) is 20.5 Å². The fourth-order valence-electron chi connectivity index (χ4n) is 3.83. The molecular weight excluding hydrogens is 390 g/mol. The monoisotopic (exact) mass is 423 g/mol. The summed E-state index contributed by atoms with van der Waals surface area (Å²) in [5, 5.41) is 8.19. The lowest BCUT2D eigenvalue weighted by Crippen LogP contribution is -2.40. The molecule has 1 aliphatic heterocycles. The third-order valence-corrected chi connectivity index (χ3v) is 5.52. The number of ether oxygens (including phenoxy) is 1. The number of para-hydroxylation sites is 1. The van der Waals surface area contributed by atoms with Crippen molar-refractivity contribution in [3.05, 3.63) is 60.2 Å². The number of H-pyrrole nitrogens is 1. The number of guanidine groups is 1. The van der Waals surface area contributed by atoms with Crippen LogP contribution in [0, 0.1) is 0 Å². The molecule has 1 fully saturated rings. The van der Waals surface area contributed by atoms with Gasteiger partial charge in [0.1, 0.15) is 5.76 Å². The fourth-order valence-corrected chi connectivity index (χ4v) is 3.83. The second-order valence-corrected chi connectivity index (χ2v) is 7.85. The zero-order chi connectivity index (χ0) is 21.1. The summed E-state index contributed by atoms with van der Waals surface area (Å²) in [6.45, 7) is 7.23. The van der Waals surface area contributed by atoms with E-state index in [1.54, 1.807) is 6.26 Å². The first kappa shape index (κ1) is 21.5. The third kappa shape index (κ3) is 6.87. The smallest absolute Gasteiger partial charge is 0.191 e. The van der Waals surface area contributed by atoms with Crippen LogP contribution in [0.25, 0.3) is 10.9 Å². The number of aliphatic imine (C=N–C) groups is 1. The molecule has 1 saturated heterocycles. The van der Waals surface area contributed by atoms with Gasteiger partial charge in [-0.05, 0) is 36.1 Å². The van der Waals surface area contributed by atoms with Gasteiger partial charge in [0.25, 0.3) is 0 Å². The zero-order valence-corrected chi connectivity index (χ0v) is 18.1. The van der Waals surface area contributed by atoms with E-state index < -0.39 is 0 Å². The van der Waals surface area contributed by atoms with Gasteiger partial charge in [0.05, 0.1) is 19.5 Å². The average Bonchev–Trinajstić information content (AvgIpc) is 3.46. The summed E-state index contributed by atoms with van der Waals surface area (Å²) in [7, 11) is 0. The maximum Gasteiger partial charge on any atom is 0.191 e. The van der Waals surface area contributed by atoms with Crippen LogP contribution in [-0.4, -0.2) is 68.3 Å². The number of morpholine rings is 1. The quantitative estimate of drug-likeness (QED) is 0.266. The molecule has 0 unspecified atom stereocenters. The Bertz CT molecular complexity index is 896. The Hall–Kier alpha value is -2.77. The molecule has 0 bridgehead atoms. The van der Waals surface area contributed by atoms with E-state index >= 15 is 0 Å². The van der Waals surface area contributed by atoms with Gasteiger partial charge < -0.3 is 24.8 Å². The lowest BCUT2D eigenvalue weighted by Gasteiger charge is -2.26. The van der Waals surface area contributed by atoms with Gasteiger partial charge in [-0.15, -0.1) is 0 Å². The van der Waals surface area contributed by atoms with E-state index in [4.69, 9.17) is 14.1 Å². The van der Waals surface area contributed by atoms with Gasteiger partial charge >= 0.3 is 0 Å². The SMILES string of the molecule is c1coc(CCNC(=NCCCN2CCOCC2)NCCc2cc3ccccc3[nH]2)c1. The maximum absolute atomic E-state index is 5.43. The molecule has 0 radical (unpaired) electrons. The highest BCUT2D eigenvalue weighted by molar-refractivity contribution is 5.81. The Kier molecular flexibility index (Phi) is 8.01. The molecule has 0 aliphatic carbocycles. The normalized spacial score (nSPS) is 15.4. The van der Waals surface area contributed by atoms with E-state index in [0.717, 1.165) is 83.5 Å². The van der Waals surface area contributed by atoms with Crippen LogP contribution in [0.3, 0.4) is 0 Å². The molecule has 0 amide bonds. The van der Waals surface area contributed by atoms with Gasteiger partial charge in [0.2, 0.25) is 0 Å². The van der Waals surface area contributed by atoms with Crippen LogP contribution in [0.2, 0.25) is 0 Å². The molecule has 2 aromatic heterocycles. The average molecular weight is 424 g/mol. The van der Waals surface area contributed by atoms with E-state index in [1.807, 2.05) is 12.1 Å². The van der Waals surface area contributed by atoms with Crippen molar-refractivity contribution in [1.29, 1.82) is 0 Å². The minimum Gasteiger partial charge on any atom is -0.469 e. The summed E-state index contributed by atoms with van der Waals surface area (Å²) < 4.78 is 10.8. The van der Waals surface area contributed by atoms with E-state index in [0.29, 0.717) is 0 Å². The van der Waals surface area contributed by atoms with Crippen molar-refractivity contribution in [2.24, 2.45) is 4.99 Å². The second-order valence-electron chi connectivity index (χ2n) is 7.85. The lowest BCUT2D eigenvalue weighted by molar-refractivity contribution is 0.0377. The first-order valence-electron chi connectivity index (χ1n) is 11.3. The number of nitrogens with one attached hydrogen (secondary N) is 3. The number of hydrogen-bond acceptors (Lipinski definition) is 4. The number of aromatic nitrogens is 1. The summed E-state index contributed by atoms with van der Waals surface area (Å²) in [5.74, 6) is 1.85. The summed E-state index contributed by atoms with van der Waals surface area (Å²) in [6, 6.07) is 14.5. The standard InChI is InChI=1S/C24H33N5O2/c1-2-7-23-20(5-1)19-21(28-23)8-11-26-24(27-12-9-22-6-3-16-31-22)25-10-4-13-29-14-17-30-18-15-29/h1-3,5-7,16,19,28H,4,8-15,17-18H2,(H2,25,26,27). The van der Waals surface area contributed by atoms with Gasteiger partial charge in [-0.25, -0.2) is 0 Å². The van der Waals surface area contributed by atoms with Crippen LogP contribution in [0.4, 0.5) is 0 Å². The minimum absolute atomic E-state index is 0.787. The number of nitrogens with zero attached hydrogens (tertiary/aromatic N) is 2. The largest absolute Gasteiger partial charge is 0.469 e. The van der Waals surface area contributed by atoms with Gasteiger partial charge in [-0.2, -0.15) is 0 Å². The van der Waals surface area contributed by atoms with E-state index in [2.05, 4.69) is 50.8 Å². The van der Waals surface area contributed by atoms with Gasteiger partial charge in [-0.1, -0.05) is 18.2 Å². The molecule has 31 heavy (non-hydrogen) atoms. The van der Waals surface area contributed by atoms with Crippen molar-refractivity contribution in [3.8, 4) is 0 Å². The van der Waals surface area contributed by atoms with Crippen molar-refractivity contribution < 1.29 is 9.15 Å². The number of benzene rings is 1. The number of aromatic amines is 1. The van der Waals surface area contributed by atoms with E-state index in [9.17, 15) is 0 Å². The van der Waals surface area contributed by atoms with Gasteiger partial charge in [0, 0.05) is 63.3 Å². The zero-order valence-electron chi connectivity index (χ0n) is 18.1. The van der Waals surface area contributed by atoms with Crippen molar-refractivity contribution >= 4 is 16.9 Å². The number of furan rings is 1. The molecule has 1 aliphatic rings. The highest BCUT2D eigenvalue weighted by atomic mass is 16.5.